The second-order valence-electron chi connectivity index (χ2n) is 7.69. The van der Waals surface area contributed by atoms with Crippen LogP contribution in [0.15, 0.2) is 23.1 Å². The van der Waals surface area contributed by atoms with Gasteiger partial charge in [0.05, 0.1) is 36.5 Å². The molecule has 0 N–H and O–H groups in total. The van der Waals surface area contributed by atoms with Crippen LogP contribution in [0.2, 0.25) is 0 Å². The van der Waals surface area contributed by atoms with Gasteiger partial charge in [0.25, 0.3) is 0 Å². The van der Waals surface area contributed by atoms with E-state index in [2.05, 4.69) is 0 Å². The summed E-state index contributed by atoms with van der Waals surface area (Å²) in [5.74, 6) is 0.136. The Morgan fingerprint density at radius 1 is 1.31 bits per heavy atom. The highest BCUT2D eigenvalue weighted by Gasteiger charge is 2.44. The van der Waals surface area contributed by atoms with Gasteiger partial charge in [-0.15, -0.1) is 0 Å². The van der Waals surface area contributed by atoms with Crippen molar-refractivity contribution in [3.05, 3.63) is 29.3 Å². The molecule has 3 rings (SSSR count). The standard InChI is InChI=1S/C18H27NO5S2/c1-13(14-6-5-7-16-15(14)8-11-26(16,21)22)19(25(20)18(2,3)4)17-12-23-9-10-24-17/h5-7,13,17H,8-12H2,1-4H3/t13-,17?,25?/m1/s1. The normalized spacial score (nSPS) is 25.1. The molecule has 0 aliphatic carbocycles. The highest BCUT2D eigenvalue weighted by Crippen LogP contribution is 2.38. The van der Waals surface area contributed by atoms with Crippen LogP contribution in [0.4, 0.5) is 0 Å². The van der Waals surface area contributed by atoms with Crippen LogP contribution in [0.5, 0.6) is 0 Å². The first-order valence-corrected chi connectivity index (χ1v) is 11.6. The highest BCUT2D eigenvalue weighted by molar-refractivity contribution is 7.91. The molecule has 2 unspecified atom stereocenters. The zero-order valence-corrected chi connectivity index (χ0v) is 17.4. The van der Waals surface area contributed by atoms with E-state index < -0.39 is 32.2 Å². The van der Waals surface area contributed by atoms with Crippen molar-refractivity contribution in [1.29, 1.82) is 0 Å². The highest BCUT2D eigenvalue weighted by atomic mass is 32.2. The van der Waals surface area contributed by atoms with Crippen LogP contribution >= 0.6 is 0 Å². The molecule has 0 radical (unpaired) electrons. The summed E-state index contributed by atoms with van der Waals surface area (Å²) in [4.78, 5) is 0.407. The number of nitrogens with zero attached hydrogens (tertiary/aromatic N) is 1. The van der Waals surface area contributed by atoms with Crippen LogP contribution < -0.4 is 0 Å². The van der Waals surface area contributed by atoms with E-state index in [9.17, 15) is 13.0 Å². The quantitative estimate of drug-likeness (QED) is 0.720. The first-order valence-electron chi connectivity index (χ1n) is 8.87. The Morgan fingerprint density at radius 2 is 2.04 bits per heavy atom. The fourth-order valence-electron chi connectivity index (χ4n) is 3.45. The number of hydrogen-bond acceptors (Lipinski definition) is 6. The summed E-state index contributed by atoms with van der Waals surface area (Å²) in [6.07, 6.45) is 0.0728. The lowest BCUT2D eigenvalue weighted by Crippen LogP contribution is -2.53. The molecule has 0 spiro atoms. The molecule has 1 fully saturated rings. The average molecular weight is 402 g/mol. The Balaban J connectivity index is 2.01. The number of rotatable bonds is 4. The molecule has 1 aromatic rings. The van der Waals surface area contributed by atoms with Crippen LogP contribution in [0.25, 0.3) is 0 Å². The fraction of sp³-hybridized carbons (Fsp3) is 0.667. The molecule has 0 amide bonds. The number of fused-ring (bicyclic) bond motifs is 1. The van der Waals surface area contributed by atoms with Crippen LogP contribution in [-0.2, 0) is 37.1 Å². The van der Waals surface area contributed by atoms with Gasteiger partial charge in [-0.2, -0.15) is 0 Å². The van der Waals surface area contributed by atoms with Crippen molar-refractivity contribution in [2.24, 2.45) is 0 Å². The Kier molecular flexibility index (Phi) is 5.73. The van der Waals surface area contributed by atoms with E-state index in [0.29, 0.717) is 31.1 Å². The van der Waals surface area contributed by atoms with E-state index in [-0.39, 0.29) is 11.8 Å². The van der Waals surface area contributed by atoms with Crippen molar-refractivity contribution >= 4 is 21.2 Å². The maximum atomic E-state index is 13.3. The van der Waals surface area contributed by atoms with Crippen molar-refractivity contribution in [2.45, 2.75) is 56.0 Å². The third kappa shape index (κ3) is 3.81. The van der Waals surface area contributed by atoms with Crippen molar-refractivity contribution in [1.82, 2.24) is 4.31 Å². The van der Waals surface area contributed by atoms with Gasteiger partial charge >= 0.3 is 0 Å². The minimum Gasteiger partial charge on any atom is -0.597 e. The van der Waals surface area contributed by atoms with E-state index >= 15 is 0 Å². The second kappa shape index (κ2) is 7.41. The molecule has 0 saturated carbocycles. The molecule has 2 aliphatic rings. The van der Waals surface area contributed by atoms with Gasteiger partial charge < -0.3 is 14.0 Å². The largest absolute Gasteiger partial charge is 0.597 e. The molecule has 1 aromatic carbocycles. The summed E-state index contributed by atoms with van der Waals surface area (Å²) in [5.41, 5.74) is 1.74. The molecule has 2 heterocycles. The minimum atomic E-state index is -3.21. The lowest BCUT2D eigenvalue weighted by molar-refractivity contribution is -0.138. The topological polar surface area (TPSA) is 78.9 Å². The Labute approximate surface area is 159 Å². The van der Waals surface area contributed by atoms with Crippen molar-refractivity contribution < 1.29 is 22.4 Å². The zero-order valence-electron chi connectivity index (χ0n) is 15.7. The van der Waals surface area contributed by atoms with E-state index in [0.717, 1.165) is 11.1 Å². The monoisotopic (exact) mass is 401 g/mol. The Morgan fingerprint density at radius 3 is 2.65 bits per heavy atom. The maximum Gasteiger partial charge on any atom is 0.178 e. The molecular weight excluding hydrogens is 374 g/mol. The van der Waals surface area contributed by atoms with Gasteiger partial charge in [0.1, 0.15) is 4.75 Å². The van der Waals surface area contributed by atoms with Gasteiger partial charge in [0, 0.05) is 11.4 Å². The van der Waals surface area contributed by atoms with Crippen molar-refractivity contribution in [2.75, 3.05) is 25.6 Å². The summed E-state index contributed by atoms with van der Waals surface area (Å²) in [6.45, 7) is 9.06. The number of sulfone groups is 1. The van der Waals surface area contributed by atoms with Gasteiger partial charge in [-0.25, -0.2) is 8.42 Å². The molecule has 26 heavy (non-hydrogen) atoms. The lowest BCUT2D eigenvalue weighted by atomic mass is 9.99. The molecular formula is C18H27NO5S2. The molecule has 2 aliphatic heterocycles. The van der Waals surface area contributed by atoms with Crippen LogP contribution in [-0.4, -0.2) is 53.8 Å². The summed E-state index contributed by atoms with van der Waals surface area (Å²) >= 11 is -1.34. The van der Waals surface area contributed by atoms with E-state index in [4.69, 9.17) is 9.47 Å². The average Bonchev–Trinajstić information content (AvgIpc) is 2.90. The van der Waals surface area contributed by atoms with Crippen molar-refractivity contribution in [3.63, 3.8) is 0 Å². The van der Waals surface area contributed by atoms with Gasteiger partial charge in [-0.3, -0.25) is 0 Å². The maximum absolute atomic E-state index is 13.3. The number of benzene rings is 1. The van der Waals surface area contributed by atoms with E-state index in [1.807, 2.05) is 38.1 Å². The molecule has 6 nitrogen and oxygen atoms in total. The third-order valence-electron chi connectivity index (χ3n) is 4.75. The van der Waals surface area contributed by atoms with Gasteiger partial charge in [-0.1, -0.05) is 16.4 Å². The van der Waals surface area contributed by atoms with Crippen LogP contribution in [0.1, 0.15) is 44.9 Å². The molecule has 8 heteroatoms. The van der Waals surface area contributed by atoms with Gasteiger partial charge in [-0.05, 0) is 51.3 Å². The summed E-state index contributed by atoms with van der Waals surface area (Å²) in [5, 5.41) is 0. The summed E-state index contributed by atoms with van der Waals surface area (Å²) in [6, 6.07) is 5.11. The first kappa shape index (κ1) is 20.1. The van der Waals surface area contributed by atoms with Crippen LogP contribution in [0.3, 0.4) is 0 Å². The van der Waals surface area contributed by atoms with E-state index in [1.54, 1.807) is 12.1 Å². The summed E-state index contributed by atoms with van der Waals surface area (Å²) in [7, 11) is -3.21. The Bertz CT molecular complexity index is 753. The molecule has 0 bridgehead atoms. The minimum absolute atomic E-state index is 0.136. The van der Waals surface area contributed by atoms with Gasteiger partial charge in [0.2, 0.25) is 0 Å². The number of ether oxygens (including phenoxy) is 2. The SMILES string of the molecule is C[C@H](c1cccc2c1CCS2(=O)=O)N(C1COCCO1)[S+]([O-])C(C)(C)C. The summed E-state index contributed by atoms with van der Waals surface area (Å²) < 4.78 is 50.6. The molecule has 0 aromatic heterocycles. The molecule has 1 saturated heterocycles. The van der Waals surface area contributed by atoms with Crippen molar-refractivity contribution in [3.8, 4) is 0 Å². The zero-order chi connectivity index (χ0) is 19.1. The molecule has 146 valence electrons. The van der Waals surface area contributed by atoms with Crippen LogP contribution in [0, 0.1) is 0 Å². The number of hydrogen-bond donors (Lipinski definition) is 0. The Hall–Kier alpha value is -0.640. The second-order valence-corrected chi connectivity index (χ2v) is 11.9. The van der Waals surface area contributed by atoms with E-state index in [1.165, 1.54) is 0 Å². The predicted octanol–water partition coefficient (Wildman–Crippen LogP) is 2.21. The van der Waals surface area contributed by atoms with Gasteiger partial charge in [0.15, 0.2) is 16.1 Å². The molecule has 3 atom stereocenters. The lowest BCUT2D eigenvalue weighted by Gasteiger charge is -2.41. The fourth-order valence-corrected chi connectivity index (χ4v) is 6.40. The predicted molar refractivity (Wildman–Crippen MR) is 101 cm³/mol. The first-order chi connectivity index (χ1) is 12.1. The smallest absolute Gasteiger partial charge is 0.178 e. The third-order valence-corrected chi connectivity index (χ3v) is 8.53.